The minimum atomic E-state index is -0.422. The second-order valence-electron chi connectivity index (χ2n) is 12.5. The molecule has 32 heavy (non-hydrogen) atoms. The quantitative estimate of drug-likeness (QED) is 0.420. The summed E-state index contributed by atoms with van der Waals surface area (Å²) in [5.41, 5.74) is 0.525. The first-order chi connectivity index (χ1) is 14.9. The van der Waals surface area contributed by atoms with Crippen molar-refractivity contribution >= 4 is 11.6 Å². The molecule has 0 aromatic rings. The number of hydrogen-bond donors (Lipinski definition) is 1. The topological polar surface area (TPSA) is 54.4 Å². The van der Waals surface area contributed by atoms with Crippen molar-refractivity contribution < 1.29 is 14.7 Å². The lowest BCUT2D eigenvalue weighted by molar-refractivity contribution is -0.137. The maximum Gasteiger partial charge on any atom is 0.139 e. The number of ketones is 2. The first kappa shape index (κ1) is 25.7. The monoisotopic (exact) mass is 444 g/mol. The molecule has 0 radical (unpaired) electrons. The van der Waals surface area contributed by atoms with E-state index in [9.17, 15) is 14.7 Å². The number of carbonyl (C=O) groups excluding carboxylic acids is 2. The molecular formula is C29H48O3. The Morgan fingerprint density at radius 2 is 1.72 bits per heavy atom. The van der Waals surface area contributed by atoms with Crippen LogP contribution in [0, 0.1) is 46.3 Å². The molecule has 3 nitrogen and oxygen atoms in total. The third-order valence-electron chi connectivity index (χ3n) is 10.5. The van der Waals surface area contributed by atoms with Gasteiger partial charge in [0.2, 0.25) is 0 Å². The fourth-order valence-electron chi connectivity index (χ4n) is 7.55. The highest BCUT2D eigenvalue weighted by molar-refractivity contribution is 5.87. The van der Waals surface area contributed by atoms with E-state index in [2.05, 4.69) is 48.1 Å². The molecule has 3 saturated carbocycles. The number of carbonyl (C=O) groups is 2. The molecule has 0 saturated heterocycles. The van der Waals surface area contributed by atoms with E-state index in [1.54, 1.807) is 0 Å². The van der Waals surface area contributed by atoms with Crippen LogP contribution < -0.4 is 0 Å². The number of aliphatic hydroxyl groups is 1. The standard InChI is InChI=1S/C29H48O3/c1-18(2)19(3)8-9-20(4)22-11-13-27(32)29(22,7)16-14-24-26(31)12-10-23-21(5)25(30)15-17-28(23,24)6/h18-20,22-25,30H,5,8-17H2,1-4,6-7H3/t19-,20-,22-,23+,24+,25+,28-,29-/m1/s1. The molecule has 0 aromatic carbocycles. The summed E-state index contributed by atoms with van der Waals surface area (Å²) in [5, 5.41) is 10.4. The predicted octanol–water partition coefficient (Wildman–Crippen LogP) is 6.77. The van der Waals surface area contributed by atoms with Gasteiger partial charge >= 0.3 is 0 Å². The molecule has 0 aliphatic heterocycles. The molecule has 3 aliphatic carbocycles. The summed E-state index contributed by atoms with van der Waals surface area (Å²) in [6.07, 6.45) is 8.34. The van der Waals surface area contributed by atoms with Crippen molar-refractivity contribution in [2.75, 3.05) is 0 Å². The van der Waals surface area contributed by atoms with Crippen LogP contribution in [0.25, 0.3) is 0 Å². The van der Waals surface area contributed by atoms with E-state index in [-0.39, 0.29) is 22.7 Å². The van der Waals surface area contributed by atoms with Gasteiger partial charge in [-0.2, -0.15) is 0 Å². The fraction of sp³-hybridized carbons (Fsp3) is 0.862. The Kier molecular flexibility index (Phi) is 7.80. The zero-order chi connectivity index (χ0) is 23.8. The molecule has 0 spiro atoms. The molecule has 8 atom stereocenters. The summed E-state index contributed by atoms with van der Waals surface area (Å²) in [4.78, 5) is 26.2. The second-order valence-corrected chi connectivity index (χ2v) is 12.5. The fourth-order valence-corrected chi connectivity index (χ4v) is 7.55. The first-order valence-electron chi connectivity index (χ1n) is 13.3. The molecule has 0 unspecified atom stereocenters. The van der Waals surface area contributed by atoms with Crippen LogP contribution in [0.3, 0.4) is 0 Å². The van der Waals surface area contributed by atoms with Gasteiger partial charge in [0.1, 0.15) is 11.6 Å². The predicted molar refractivity (Wildman–Crippen MR) is 131 cm³/mol. The molecule has 1 N–H and O–H groups in total. The Hall–Kier alpha value is -0.960. The van der Waals surface area contributed by atoms with Crippen LogP contribution in [0.5, 0.6) is 0 Å². The summed E-state index contributed by atoms with van der Waals surface area (Å²) in [6.45, 7) is 18.0. The Morgan fingerprint density at radius 1 is 1.03 bits per heavy atom. The lowest BCUT2D eigenvalue weighted by Crippen LogP contribution is -2.49. The number of rotatable bonds is 8. The summed E-state index contributed by atoms with van der Waals surface area (Å²) >= 11 is 0. The third kappa shape index (κ3) is 4.65. The third-order valence-corrected chi connectivity index (χ3v) is 10.5. The van der Waals surface area contributed by atoms with Crippen molar-refractivity contribution in [3.63, 3.8) is 0 Å². The van der Waals surface area contributed by atoms with Gasteiger partial charge in [-0.1, -0.05) is 61.0 Å². The van der Waals surface area contributed by atoms with Crippen molar-refractivity contribution in [1.29, 1.82) is 0 Å². The summed E-state index contributed by atoms with van der Waals surface area (Å²) in [7, 11) is 0. The van der Waals surface area contributed by atoms with Gasteiger partial charge in [0, 0.05) is 24.2 Å². The van der Waals surface area contributed by atoms with Gasteiger partial charge in [-0.3, -0.25) is 9.59 Å². The van der Waals surface area contributed by atoms with Crippen molar-refractivity contribution in [1.82, 2.24) is 0 Å². The molecule has 0 amide bonds. The zero-order valence-corrected chi connectivity index (χ0v) is 21.6. The van der Waals surface area contributed by atoms with Crippen LogP contribution in [0.1, 0.15) is 106 Å². The lowest BCUT2D eigenvalue weighted by atomic mass is 9.52. The van der Waals surface area contributed by atoms with E-state index < -0.39 is 6.10 Å². The molecule has 0 heterocycles. The van der Waals surface area contributed by atoms with E-state index >= 15 is 0 Å². The Balaban J connectivity index is 1.72. The lowest BCUT2D eigenvalue weighted by Gasteiger charge is -2.52. The summed E-state index contributed by atoms with van der Waals surface area (Å²) in [6, 6.07) is 0. The Labute approximate surface area is 196 Å². The highest BCUT2D eigenvalue weighted by Gasteiger charge is 2.53. The SMILES string of the molecule is C=C1[C@@H](O)CC[C@]2(C)[C@H]1CCC(=O)[C@@H]2CC[C@@]1(C)C(=O)CC[C@@H]1[C@H](C)CC[C@@H](C)C(C)C. The molecule has 3 heteroatoms. The maximum absolute atomic E-state index is 13.1. The van der Waals surface area contributed by atoms with E-state index in [0.29, 0.717) is 54.5 Å². The zero-order valence-electron chi connectivity index (χ0n) is 21.6. The van der Waals surface area contributed by atoms with Crippen molar-refractivity contribution in [3.05, 3.63) is 12.2 Å². The van der Waals surface area contributed by atoms with Crippen LogP contribution in [0.4, 0.5) is 0 Å². The van der Waals surface area contributed by atoms with Gasteiger partial charge in [-0.15, -0.1) is 0 Å². The molecular weight excluding hydrogens is 396 g/mol. The van der Waals surface area contributed by atoms with Gasteiger partial charge in [0.15, 0.2) is 0 Å². The second kappa shape index (κ2) is 9.72. The Bertz CT molecular complexity index is 724. The van der Waals surface area contributed by atoms with E-state index in [0.717, 1.165) is 37.7 Å². The number of Topliss-reactive ketones (excluding diaryl/α,β-unsaturated/α-hetero) is 2. The summed E-state index contributed by atoms with van der Waals surface area (Å²) < 4.78 is 0. The minimum Gasteiger partial charge on any atom is -0.389 e. The number of hydrogen-bond acceptors (Lipinski definition) is 3. The van der Waals surface area contributed by atoms with Crippen LogP contribution >= 0.6 is 0 Å². The molecule has 3 fully saturated rings. The van der Waals surface area contributed by atoms with Gasteiger partial charge in [0.25, 0.3) is 0 Å². The highest BCUT2D eigenvalue weighted by Crippen LogP contribution is 2.57. The van der Waals surface area contributed by atoms with E-state index in [4.69, 9.17) is 0 Å². The van der Waals surface area contributed by atoms with Gasteiger partial charge < -0.3 is 5.11 Å². The summed E-state index contributed by atoms with van der Waals surface area (Å²) in [5.74, 6) is 3.40. The van der Waals surface area contributed by atoms with Crippen LogP contribution in [0.15, 0.2) is 12.2 Å². The van der Waals surface area contributed by atoms with Crippen LogP contribution in [-0.4, -0.2) is 22.8 Å². The first-order valence-corrected chi connectivity index (χ1v) is 13.3. The molecule has 182 valence electrons. The van der Waals surface area contributed by atoms with Crippen LogP contribution in [0.2, 0.25) is 0 Å². The van der Waals surface area contributed by atoms with Crippen molar-refractivity contribution in [3.8, 4) is 0 Å². The molecule has 0 bridgehead atoms. The van der Waals surface area contributed by atoms with Crippen LogP contribution in [-0.2, 0) is 9.59 Å². The number of fused-ring (bicyclic) bond motifs is 1. The highest BCUT2D eigenvalue weighted by atomic mass is 16.3. The Morgan fingerprint density at radius 3 is 2.38 bits per heavy atom. The molecule has 3 aliphatic rings. The van der Waals surface area contributed by atoms with E-state index in [1.807, 2.05) is 0 Å². The van der Waals surface area contributed by atoms with E-state index in [1.165, 1.54) is 12.8 Å². The van der Waals surface area contributed by atoms with Gasteiger partial charge in [-0.05, 0) is 79.1 Å². The maximum atomic E-state index is 13.1. The molecule has 3 rings (SSSR count). The molecule has 0 aromatic heterocycles. The number of aliphatic hydroxyl groups excluding tert-OH is 1. The normalized spacial score (nSPS) is 39.9. The minimum absolute atomic E-state index is 0.00681. The largest absolute Gasteiger partial charge is 0.389 e. The average Bonchev–Trinajstić information content (AvgIpc) is 3.03. The van der Waals surface area contributed by atoms with Crippen molar-refractivity contribution in [2.45, 2.75) is 112 Å². The van der Waals surface area contributed by atoms with Crippen molar-refractivity contribution in [2.24, 2.45) is 46.3 Å². The van der Waals surface area contributed by atoms with Gasteiger partial charge in [0.05, 0.1) is 6.10 Å². The smallest absolute Gasteiger partial charge is 0.139 e. The average molecular weight is 445 g/mol. The van der Waals surface area contributed by atoms with Gasteiger partial charge in [-0.25, -0.2) is 0 Å².